The van der Waals surface area contributed by atoms with Gasteiger partial charge in [-0.1, -0.05) is 22.0 Å². The Morgan fingerprint density at radius 2 is 1.89 bits per heavy atom. The van der Waals surface area contributed by atoms with Crippen LogP contribution in [0.5, 0.6) is 0 Å². The Morgan fingerprint density at radius 3 is 2.50 bits per heavy atom. The van der Waals surface area contributed by atoms with Gasteiger partial charge in [0.1, 0.15) is 0 Å². The van der Waals surface area contributed by atoms with Crippen LogP contribution in [0.15, 0.2) is 22.7 Å². The highest BCUT2D eigenvalue weighted by Crippen LogP contribution is 2.37. The van der Waals surface area contributed by atoms with E-state index in [9.17, 15) is 13.2 Å². The van der Waals surface area contributed by atoms with Gasteiger partial charge in [0.2, 0.25) is 0 Å². The van der Waals surface area contributed by atoms with Crippen molar-refractivity contribution in [1.29, 1.82) is 0 Å². The van der Waals surface area contributed by atoms with Crippen LogP contribution < -0.4 is 5.32 Å². The van der Waals surface area contributed by atoms with Crippen molar-refractivity contribution in [2.75, 3.05) is 13.1 Å². The fraction of sp³-hybridized carbons (Fsp3) is 0.538. The quantitative estimate of drug-likeness (QED) is 0.867. The summed E-state index contributed by atoms with van der Waals surface area (Å²) in [6.45, 7) is 1.80. The molecule has 1 aromatic rings. The van der Waals surface area contributed by atoms with Crippen molar-refractivity contribution < 1.29 is 13.2 Å². The van der Waals surface area contributed by atoms with Gasteiger partial charge in [-0.15, -0.1) is 0 Å². The highest BCUT2D eigenvalue weighted by Gasteiger charge is 2.34. The number of piperidine rings is 1. The summed E-state index contributed by atoms with van der Waals surface area (Å²) in [5.41, 5.74) is -0.104. The summed E-state index contributed by atoms with van der Waals surface area (Å²) < 4.78 is 39.4. The maximum absolute atomic E-state index is 12.9. The van der Waals surface area contributed by atoms with Crippen molar-refractivity contribution >= 4 is 15.9 Å². The molecule has 0 aliphatic carbocycles. The number of hydrogen-bond donors (Lipinski definition) is 1. The average Bonchev–Trinajstić information content (AvgIpc) is 2.32. The number of alkyl halides is 3. The number of benzene rings is 1. The molecule has 18 heavy (non-hydrogen) atoms. The molecule has 0 bridgehead atoms. The molecule has 1 fully saturated rings. The molecule has 1 aliphatic rings. The normalized spacial score (nSPS) is 18.0. The number of rotatable bonds is 2. The highest BCUT2D eigenvalue weighted by molar-refractivity contribution is 9.10. The molecule has 0 radical (unpaired) electrons. The molecule has 0 spiro atoms. The number of hydrogen-bond acceptors (Lipinski definition) is 1. The van der Waals surface area contributed by atoms with Gasteiger partial charge in [-0.3, -0.25) is 0 Å². The number of nitrogens with one attached hydrogen (secondary N) is 1. The third-order valence-corrected chi connectivity index (χ3v) is 4.12. The first-order chi connectivity index (χ1) is 8.48. The molecule has 2 rings (SSSR count). The Hall–Kier alpha value is -0.550. The third-order valence-electron chi connectivity index (χ3n) is 3.38. The molecule has 5 heteroatoms. The fourth-order valence-corrected chi connectivity index (χ4v) is 2.93. The molecule has 1 aromatic carbocycles. The lowest BCUT2D eigenvalue weighted by atomic mass is 9.89. The van der Waals surface area contributed by atoms with Crippen molar-refractivity contribution in [2.45, 2.75) is 25.4 Å². The van der Waals surface area contributed by atoms with Crippen molar-refractivity contribution in [3.63, 3.8) is 0 Å². The van der Waals surface area contributed by atoms with Crippen LogP contribution >= 0.6 is 15.9 Å². The van der Waals surface area contributed by atoms with Crippen molar-refractivity contribution in [3.8, 4) is 0 Å². The molecule has 0 amide bonds. The standard InChI is InChI=1S/C13H15BrF3N/c14-12-3-1-2-11(13(15,16)17)10(12)8-9-4-6-18-7-5-9/h1-3,9,18H,4-8H2. The number of halogens is 4. The lowest BCUT2D eigenvalue weighted by molar-refractivity contribution is -0.138. The third kappa shape index (κ3) is 3.26. The minimum atomic E-state index is -4.27. The summed E-state index contributed by atoms with van der Waals surface area (Å²) in [6.07, 6.45) is -1.89. The van der Waals surface area contributed by atoms with E-state index < -0.39 is 11.7 Å². The van der Waals surface area contributed by atoms with Crippen LogP contribution in [0.3, 0.4) is 0 Å². The molecule has 0 aromatic heterocycles. The van der Waals surface area contributed by atoms with Gasteiger partial charge >= 0.3 is 6.18 Å². The van der Waals surface area contributed by atoms with E-state index in [-0.39, 0.29) is 0 Å². The van der Waals surface area contributed by atoms with E-state index >= 15 is 0 Å². The zero-order valence-electron chi connectivity index (χ0n) is 9.86. The summed E-state index contributed by atoms with van der Waals surface area (Å²) in [7, 11) is 0. The zero-order chi connectivity index (χ0) is 13.2. The minimum Gasteiger partial charge on any atom is -0.317 e. The van der Waals surface area contributed by atoms with Gasteiger partial charge in [0.15, 0.2) is 0 Å². The SMILES string of the molecule is FC(F)(F)c1cccc(Br)c1CC1CCNCC1. The Morgan fingerprint density at radius 1 is 1.22 bits per heavy atom. The van der Waals surface area contributed by atoms with Gasteiger partial charge in [0, 0.05) is 4.47 Å². The van der Waals surface area contributed by atoms with E-state index in [2.05, 4.69) is 21.2 Å². The first-order valence-corrected chi connectivity index (χ1v) is 6.83. The molecular formula is C13H15BrF3N. The minimum absolute atomic E-state index is 0.339. The molecule has 100 valence electrons. The first kappa shape index (κ1) is 13.9. The van der Waals surface area contributed by atoms with Gasteiger partial charge < -0.3 is 5.32 Å². The Labute approximate surface area is 113 Å². The first-order valence-electron chi connectivity index (χ1n) is 6.04. The molecule has 1 saturated heterocycles. The van der Waals surface area contributed by atoms with Crippen LogP contribution in [0.1, 0.15) is 24.0 Å². The lowest BCUT2D eigenvalue weighted by Gasteiger charge is -2.24. The Kier molecular flexibility index (Phi) is 4.33. The molecule has 1 nitrogen and oxygen atoms in total. The van der Waals surface area contributed by atoms with Gasteiger partial charge in [-0.05, 0) is 56.0 Å². The van der Waals surface area contributed by atoms with Crippen LogP contribution in [0.2, 0.25) is 0 Å². The predicted octanol–water partition coefficient (Wildman–Crippen LogP) is 4.01. The lowest BCUT2D eigenvalue weighted by Crippen LogP contribution is -2.29. The Bertz CT molecular complexity index is 411. The summed E-state index contributed by atoms with van der Waals surface area (Å²) in [4.78, 5) is 0. The molecule has 1 aliphatic heterocycles. The second-order valence-electron chi connectivity index (χ2n) is 4.66. The van der Waals surface area contributed by atoms with E-state index in [0.717, 1.165) is 25.9 Å². The van der Waals surface area contributed by atoms with Gasteiger partial charge in [-0.25, -0.2) is 0 Å². The molecule has 1 N–H and O–H groups in total. The summed E-state index contributed by atoms with van der Waals surface area (Å²) in [5.74, 6) is 0.339. The zero-order valence-corrected chi connectivity index (χ0v) is 11.4. The maximum atomic E-state index is 12.9. The second kappa shape index (κ2) is 5.61. The molecule has 0 saturated carbocycles. The van der Waals surface area contributed by atoms with Crippen molar-refractivity contribution in [2.24, 2.45) is 5.92 Å². The highest BCUT2D eigenvalue weighted by atomic mass is 79.9. The van der Waals surface area contributed by atoms with Crippen molar-refractivity contribution in [3.05, 3.63) is 33.8 Å². The van der Waals surface area contributed by atoms with Gasteiger partial charge in [0.25, 0.3) is 0 Å². The molecule has 0 unspecified atom stereocenters. The topological polar surface area (TPSA) is 12.0 Å². The monoisotopic (exact) mass is 321 g/mol. The van der Waals surface area contributed by atoms with Crippen LogP contribution in [0.25, 0.3) is 0 Å². The summed E-state index contributed by atoms with van der Waals surface area (Å²) in [6, 6.07) is 4.30. The predicted molar refractivity (Wildman–Crippen MR) is 68.4 cm³/mol. The van der Waals surface area contributed by atoms with Crippen LogP contribution in [-0.2, 0) is 12.6 Å². The average molecular weight is 322 g/mol. The van der Waals surface area contributed by atoms with Gasteiger partial charge in [0.05, 0.1) is 5.56 Å². The molecule has 0 atom stereocenters. The van der Waals surface area contributed by atoms with E-state index in [1.807, 2.05) is 0 Å². The second-order valence-corrected chi connectivity index (χ2v) is 5.52. The van der Waals surface area contributed by atoms with E-state index in [1.165, 1.54) is 12.1 Å². The molecule has 1 heterocycles. The maximum Gasteiger partial charge on any atom is 0.416 e. The van der Waals surface area contributed by atoms with Crippen molar-refractivity contribution in [1.82, 2.24) is 5.32 Å². The largest absolute Gasteiger partial charge is 0.416 e. The van der Waals surface area contributed by atoms with Gasteiger partial charge in [-0.2, -0.15) is 13.2 Å². The smallest absolute Gasteiger partial charge is 0.317 e. The fourth-order valence-electron chi connectivity index (χ4n) is 2.41. The Balaban J connectivity index is 2.25. The van der Waals surface area contributed by atoms with E-state index in [4.69, 9.17) is 0 Å². The summed E-state index contributed by atoms with van der Waals surface area (Å²) in [5, 5.41) is 3.23. The van der Waals surface area contributed by atoms with Crippen LogP contribution in [-0.4, -0.2) is 13.1 Å². The van der Waals surface area contributed by atoms with E-state index in [0.29, 0.717) is 22.4 Å². The molecular weight excluding hydrogens is 307 g/mol. The van der Waals surface area contributed by atoms with Crippen LogP contribution in [0.4, 0.5) is 13.2 Å². The summed E-state index contributed by atoms with van der Waals surface area (Å²) >= 11 is 3.25. The van der Waals surface area contributed by atoms with Crippen LogP contribution in [0, 0.1) is 5.92 Å². The van der Waals surface area contributed by atoms with E-state index in [1.54, 1.807) is 6.07 Å².